The van der Waals surface area contributed by atoms with Crippen molar-refractivity contribution >= 4 is 11.8 Å². The first-order chi connectivity index (χ1) is 13.7. The average molecular weight is 380 g/mol. The molecular formula is C23H29N3O2. The molecule has 0 radical (unpaired) electrons. The van der Waals surface area contributed by atoms with E-state index in [2.05, 4.69) is 22.4 Å². The van der Waals surface area contributed by atoms with Crippen molar-refractivity contribution in [3.63, 3.8) is 0 Å². The van der Waals surface area contributed by atoms with Gasteiger partial charge in [-0.3, -0.25) is 14.6 Å². The second kappa shape index (κ2) is 10.0. The normalized spacial score (nSPS) is 19.0. The Kier molecular flexibility index (Phi) is 7.18. The molecular weight excluding hydrogens is 350 g/mol. The first-order valence-corrected chi connectivity index (χ1v) is 10.2. The van der Waals surface area contributed by atoms with E-state index in [-0.39, 0.29) is 23.7 Å². The van der Waals surface area contributed by atoms with E-state index < -0.39 is 0 Å². The Morgan fingerprint density at radius 1 is 1.00 bits per heavy atom. The lowest BCUT2D eigenvalue weighted by molar-refractivity contribution is -0.138. The third-order valence-corrected chi connectivity index (χ3v) is 5.53. The average Bonchev–Trinajstić information content (AvgIpc) is 2.77. The fourth-order valence-electron chi connectivity index (χ4n) is 3.83. The molecule has 2 aromatic rings. The molecule has 1 aromatic heterocycles. The maximum absolute atomic E-state index is 12.9. The van der Waals surface area contributed by atoms with Crippen LogP contribution in [0, 0.1) is 11.8 Å². The predicted octanol–water partition coefficient (Wildman–Crippen LogP) is 3.55. The minimum atomic E-state index is -0.00281. The van der Waals surface area contributed by atoms with Crippen LogP contribution in [0.15, 0.2) is 54.7 Å². The van der Waals surface area contributed by atoms with Crippen LogP contribution in [0.2, 0.25) is 0 Å². The number of rotatable bonds is 7. The van der Waals surface area contributed by atoms with Crippen LogP contribution in [-0.2, 0) is 22.7 Å². The van der Waals surface area contributed by atoms with E-state index in [4.69, 9.17) is 0 Å². The van der Waals surface area contributed by atoms with Crippen LogP contribution in [0.3, 0.4) is 0 Å². The zero-order valence-corrected chi connectivity index (χ0v) is 16.5. The maximum atomic E-state index is 12.9. The van der Waals surface area contributed by atoms with Gasteiger partial charge in [-0.25, -0.2) is 0 Å². The van der Waals surface area contributed by atoms with E-state index in [0.29, 0.717) is 19.6 Å². The zero-order chi connectivity index (χ0) is 19.8. The number of aromatic nitrogens is 1. The lowest BCUT2D eigenvalue weighted by Gasteiger charge is -2.31. The molecule has 1 heterocycles. The van der Waals surface area contributed by atoms with Crippen LogP contribution in [-0.4, -0.2) is 28.2 Å². The Morgan fingerprint density at radius 2 is 1.68 bits per heavy atom. The molecule has 1 aromatic carbocycles. The monoisotopic (exact) mass is 379 g/mol. The molecule has 28 heavy (non-hydrogen) atoms. The van der Waals surface area contributed by atoms with Gasteiger partial charge in [0.05, 0.1) is 12.2 Å². The molecule has 0 atom stereocenters. The van der Waals surface area contributed by atoms with E-state index in [1.807, 2.05) is 48.2 Å². The largest absolute Gasteiger partial charge is 0.350 e. The van der Waals surface area contributed by atoms with Gasteiger partial charge in [-0.1, -0.05) is 36.4 Å². The van der Waals surface area contributed by atoms with Gasteiger partial charge >= 0.3 is 0 Å². The third kappa shape index (κ3) is 5.41. The minimum Gasteiger partial charge on any atom is -0.350 e. The molecule has 0 saturated heterocycles. The number of carbonyl (C=O) groups is 2. The standard InChI is InChI=1S/C23H29N3O2/c1-2-26(17-18-8-4-3-5-9-18)23(28)20-13-11-19(12-14-20)22(27)25-16-21-10-6-7-15-24-21/h3-10,15,19-20H,2,11-14,16-17H2,1H3,(H,25,27). The van der Waals surface area contributed by atoms with Crippen molar-refractivity contribution in [3.05, 3.63) is 66.0 Å². The van der Waals surface area contributed by atoms with Crippen molar-refractivity contribution in [1.29, 1.82) is 0 Å². The van der Waals surface area contributed by atoms with Gasteiger partial charge in [-0.15, -0.1) is 0 Å². The van der Waals surface area contributed by atoms with Crippen LogP contribution in [0.4, 0.5) is 0 Å². The summed E-state index contributed by atoms with van der Waals surface area (Å²) in [7, 11) is 0. The van der Waals surface area contributed by atoms with Crippen LogP contribution in [0.25, 0.3) is 0 Å². The molecule has 0 aliphatic heterocycles. The summed E-state index contributed by atoms with van der Waals surface area (Å²) in [6, 6.07) is 15.8. The van der Waals surface area contributed by atoms with Gasteiger partial charge in [0.2, 0.25) is 11.8 Å². The summed E-state index contributed by atoms with van der Waals surface area (Å²) < 4.78 is 0. The lowest BCUT2D eigenvalue weighted by atomic mass is 9.81. The highest BCUT2D eigenvalue weighted by molar-refractivity contribution is 5.81. The number of hydrogen-bond donors (Lipinski definition) is 1. The fourth-order valence-corrected chi connectivity index (χ4v) is 3.83. The van der Waals surface area contributed by atoms with Gasteiger partial charge in [0.1, 0.15) is 0 Å². The summed E-state index contributed by atoms with van der Waals surface area (Å²) >= 11 is 0. The van der Waals surface area contributed by atoms with Gasteiger partial charge < -0.3 is 10.2 Å². The van der Waals surface area contributed by atoms with E-state index >= 15 is 0 Å². The SMILES string of the molecule is CCN(Cc1ccccc1)C(=O)C1CCC(C(=O)NCc2ccccn2)CC1. The number of nitrogens with zero attached hydrogens (tertiary/aromatic N) is 2. The van der Waals surface area contributed by atoms with Gasteiger partial charge in [0.25, 0.3) is 0 Å². The van der Waals surface area contributed by atoms with Gasteiger partial charge in [0.15, 0.2) is 0 Å². The van der Waals surface area contributed by atoms with Crippen LogP contribution in [0.5, 0.6) is 0 Å². The van der Waals surface area contributed by atoms with Crippen molar-refractivity contribution in [2.24, 2.45) is 11.8 Å². The Morgan fingerprint density at radius 3 is 2.32 bits per heavy atom. The van der Waals surface area contributed by atoms with Crippen LogP contribution in [0.1, 0.15) is 43.9 Å². The number of benzene rings is 1. The van der Waals surface area contributed by atoms with E-state index in [1.54, 1.807) is 6.20 Å². The van der Waals surface area contributed by atoms with Gasteiger partial charge in [-0.2, -0.15) is 0 Å². The lowest BCUT2D eigenvalue weighted by Crippen LogP contribution is -2.39. The zero-order valence-electron chi connectivity index (χ0n) is 16.5. The van der Waals surface area contributed by atoms with E-state index in [9.17, 15) is 9.59 Å². The fraction of sp³-hybridized carbons (Fsp3) is 0.435. The second-order valence-electron chi connectivity index (χ2n) is 7.43. The molecule has 1 N–H and O–H groups in total. The molecule has 1 aliphatic carbocycles. The Labute approximate surface area is 167 Å². The molecule has 1 aliphatic rings. The molecule has 3 rings (SSSR count). The highest BCUT2D eigenvalue weighted by Crippen LogP contribution is 2.30. The highest BCUT2D eigenvalue weighted by atomic mass is 16.2. The Hall–Kier alpha value is -2.69. The quantitative estimate of drug-likeness (QED) is 0.800. The third-order valence-electron chi connectivity index (χ3n) is 5.53. The highest BCUT2D eigenvalue weighted by Gasteiger charge is 2.31. The molecule has 2 amide bonds. The van der Waals surface area contributed by atoms with Crippen molar-refractivity contribution in [3.8, 4) is 0 Å². The molecule has 1 fully saturated rings. The molecule has 5 heteroatoms. The number of pyridine rings is 1. The second-order valence-corrected chi connectivity index (χ2v) is 7.43. The van der Waals surface area contributed by atoms with Crippen LogP contribution >= 0.6 is 0 Å². The summed E-state index contributed by atoms with van der Waals surface area (Å²) in [5, 5.41) is 2.98. The van der Waals surface area contributed by atoms with Crippen LogP contribution < -0.4 is 5.32 Å². The van der Waals surface area contributed by atoms with E-state index in [0.717, 1.165) is 36.9 Å². The number of carbonyl (C=O) groups excluding carboxylic acids is 2. The molecule has 5 nitrogen and oxygen atoms in total. The van der Waals surface area contributed by atoms with E-state index in [1.165, 1.54) is 0 Å². The molecule has 1 saturated carbocycles. The van der Waals surface area contributed by atoms with Crippen molar-refractivity contribution < 1.29 is 9.59 Å². The molecule has 0 spiro atoms. The maximum Gasteiger partial charge on any atom is 0.225 e. The first-order valence-electron chi connectivity index (χ1n) is 10.2. The summed E-state index contributed by atoms with van der Waals surface area (Å²) in [6.45, 7) is 3.84. The van der Waals surface area contributed by atoms with Gasteiger partial charge in [0, 0.05) is 31.1 Å². The molecule has 0 bridgehead atoms. The summed E-state index contributed by atoms with van der Waals surface area (Å²) in [5.41, 5.74) is 2.01. The smallest absolute Gasteiger partial charge is 0.225 e. The van der Waals surface area contributed by atoms with Crippen molar-refractivity contribution in [1.82, 2.24) is 15.2 Å². The Balaban J connectivity index is 1.47. The minimum absolute atomic E-state index is 0.00281. The van der Waals surface area contributed by atoms with Crippen molar-refractivity contribution in [2.75, 3.05) is 6.54 Å². The summed E-state index contributed by atoms with van der Waals surface area (Å²) in [6.07, 6.45) is 4.84. The van der Waals surface area contributed by atoms with Gasteiger partial charge in [-0.05, 0) is 50.3 Å². The molecule has 148 valence electrons. The molecule has 0 unspecified atom stereocenters. The number of hydrogen-bond acceptors (Lipinski definition) is 3. The summed E-state index contributed by atoms with van der Waals surface area (Å²) in [4.78, 5) is 31.5. The predicted molar refractivity (Wildman–Crippen MR) is 109 cm³/mol. The Bertz CT molecular complexity index is 756. The number of amides is 2. The summed E-state index contributed by atoms with van der Waals surface area (Å²) in [5.74, 6) is 0.326. The number of nitrogens with one attached hydrogen (secondary N) is 1. The first kappa shape index (κ1) is 20.1. The topological polar surface area (TPSA) is 62.3 Å². The van der Waals surface area contributed by atoms with Crippen molar-refractivity contribution in [2.45, 2.75) is 45.7 Å².